The van der Waals surface area contributed by atoms with E-state index in [1.807, 2.05) is 24.3 Å². The molecule has 0 aromatic heterocycles. The van der Waals surface area contributed by atoms with Gasteiger partial charge >= 0.3 is 0 Å². The average Bonchev–Trinajstić information content (AvgIpc) is 3.02. The number of rotatable bonds is 4. The third kappa shape index (κ3) is 3.80. The quantitative estimate of drug-likeness (QED) is 0.691. The molecule has 1 atom stereocenters. The number of para-hydroxylation sites is 1. The number of carbonyl (C=O) groups excluding carboxylic acids is 2. The maximum atomic E-state index is 13.1. The topological polar surface area (TPSA) is 53.1 Å². The molecular formula is C21H21Cl2N3O3. The Morgan fingerprint density at radius 2 is 1.69 bits per heavy atom. The van der Waals surface area contributed by atoms with Crippen LogP contribution in [0.25, 0.3) is 0 Å². The predicted molar refractivity (Wildman–Crippen MR) is 114 cm³/mol. The maximum Gasteiger partial charge on any atom is 0.251 e. The van der Waals surface area contributed by atoms with Crippen molar-refractivity contribution >= 4 is 46.4 Å². The van der Waals surface area contributed by atoms with Crippen LogP contribution in [0.5, 0.6) is 5.75 Å². The van der Waals surface area contributed by atoms with Crippen molar-refractivity contribution in [2.75, 3.05) is 43.1 Å². The van der Waals surface area contributed by atoms with Crippen molar-refractivity contribution in [3.8, 4) is 5.75 Å². The number of nitrogens with zero attached hydrogens (tertiary/aromatic N) is 3. The predicted octanol–water partition coefficient (Wildman–Crippen LogP) is 3.46. The Morgan fingerprint density at radius 1 is 0.966 bits per heavy atom. The van der Waals surface area contributed by atoms with E-state index in [1.165, 1.54) is 12.0 Å². The summed E-state index contributed by atoms with van der Waals surface area (Å²) in [5.74, 6) is -0.0313. The minimum atomic E-state index is -0.473. The second-order valence-electron chi connectivity index (χ2n) is 7.08. The molecule has 2 aromatic rings. The van der Waals surface area contributed by atoms with Crippen molar-refractivity contribution in [3.63, 3.8) is 0 Å². The van der Waals surface area contributed by atoms with Crippen molar-refractivity contribution in [1.82, 2.24) is 4.90 Å². The fraction of sp³-hybridized carbons (Fsp3) is 0.333. The van der Waals surface area contributed by atoms with Crippen LogP contribution in [0.4, 0.5) is 11.4 Å². The molecule has 0 unspecified atom stereocenters. The highest BCUT2D eigenvalue weighted by Crippen LogP contribution is 2.36. The van der Waals surface area contributed by atoms with Gasteiger partial charge in [0.15, 0.2) is 0 Å². The minimum Gasteiger partial charge on any atom is -0.495 e. The van der Waals surface area contributed by atoms with E-state index < -0.39 is 6.04 Å². The summed E-state index contributed by atoms with van der Waals surface area (Å²) in [6, 6.07) is 12.2. The number of piperazine rings is 1. The highest BCUT2D eigenvalue weighted by molar-refractivity contribution is 6.33. The number of halogens is 2. The zero-order valence-electron chi connectivity index (χ0n) is 16.0. The molecule has 0 radical (unpaired) electrons. The third-order valence-electron chi connectivity index (χ3n) is 5.45. The van der Waals surface area contributed by atoms with Gasteiger partial charge in [0.1, 0.15) is 5.75 Å². The lowest BCUT2D eigenvalue weighted by atomic mass is 10.1. The summed E-state index contributed by atoms with van der Waals surface area (Å²) in [6.07, 6.45) is 0.153. The van der Waals surface area contributed by atoms with Crippen molar-refractivity contribution in [1.29, 1.82) is 0 Å². The van der Waals surface area contributed by atoms with Gasteiger partial charge in [0.25, 0.3) is 5.91 Å². The molecule has 4 rings (SSSR count). The van der Waals surface area contributed by atoms with E-state index in [4.69, 9.17) is 27.9 Å². The summed E-state index contributed by atoms with van der Waals surface area (Å²) in [5.41, 5.74) is 1.39. The van der Waals surface area contributed by atoms with Gasteiger partial charge < -0.3 is 9.64 Å². The second kappa shape index (κ2) is 8.22. The summed E-state index contributed by atoms with van der Waals surface area (Å²) in [4.78, 5) is 31.3. The van der Waals surface area contributed by atoms with Gasteiger partial charge in [0.05, 0.1) is 36.0 Å². The molecule has 0 N–H and O–H groups in total. The fourth-order valence-corrected chi connectivity index (χ4v) is 4.40. The molecular weight excluding hydrogens is 413 g/mol. The van der Waals surface area contributed by atoms with Crippen molar-refractivity contribution in [3.05, 3.63) is 52.5 Å². The van der Waals surface area contributed by atoms with Crippen LogP contribution >= 0.6 is 23.2 Å². The lowest BCUT2D eigenvalue weighted by Gasteiger charge is -2.38. The highest BCUT2D eigenvalue weighted by atomic mass is 35.5. The Kier molecular flexibility index (Phi) is 5.67. The largest absolute Gasteiger partial charge is 0.495 e. The van der Waals surface area contributed by atoms with Crippen LogP contribution in [0.2, 0.25) is 10.0 Å². The van der Waals surface area contributed by atoms with Gasteiger partial charge in [-0.05, 0) is 30.3 Å². The minimum absolute atomic E-state index is 0.153. The molecule has 29 heavy (non-hydrogen) atoms. The SMILES string of the molecule is COc1ccc(Cl)cc1N1C(=O)C[C@H](N2CCN(c3ccccc3Cl)CC2)C1=O. The Morgan fingerprint density at radius 3 is 2.38 bits per heavy atom. The van der Waals surface area contributed by atoms with Gasteiger partial charge in [-0.3, -0.25) is 14.5 Å². The lowest BCUT2D eigenvalue weighted by molar-refractivity contribution is -0.123. The van der Waals surface area contributed by atoms with E-state index in [-0.39, 0.29) is 18.2 Å². The number of hydrogen-bond acceptors (Lipinski definition) is 5. The molecule has 152 valence electrons. The first-order chi connectivity index (χ1) is 14.0. The van der Waals surface area contributed by atoms with E-state index >= 15 is 0 Å². The number of ether oxygens (including phenoxy) is 1. The first kappa shape index (κ1) is 20.0. The number of hydrogen-bond donors (Lipinski definition) is 0. The molecule has 0 aliphatic carbocycles. The summed E-state index contributed by atoms with van der Waals surface area (Å²) < 4.78 is 5.33. The number of benzene rings is 2. The molecule has 2 aliphatic rings. The molecule has 2 saturated heterocycles. The summed E-state index contributed by atoms with van der Waals surface area (Å²) >= 11 is 12.4. The summed E-state index contributed by atoms with van der Waals surface area (Å²) in [5, 5.41) is 1.16. The molecule has 2 amide bonds. The molecule has 8 heteroatoms. The molecule has 0 spiro atoms. The highest BCUT2D eigenvalue weighted by Gasteiger charge is 2.44. The zero-order chi connectivity index (χ0) is 20.5. The van der Waals surface area contributed by atoms with Crippen LogP contribution in [0.3, 0.4) is 0 Å². The van der Waals surface area contributed by atoms with Crippen molar-refractivity contribution in [2.45, 2.75) is 12.5 Å². The molecule has 0 bridgehead atoms. The van der Waals surface area contributed by atoms with Crippen molar-refractivity contribution < 1.29 is 14.3 Å². The van der Waals surface area contributed by atoms with Gasteiger partial charge in [0, 0.05) is 31.2 Å². The van der Waals surface area contributed by atoms with Crippen molar-refractivity contribution in [2.24, 2.45) is 0 Å². The third-order valence-corrected chi connectivity index (χ3v) is 6.01. The van der Waals surface area contributed by atoms with Crippen LogP contribution < -0.4 is 14.5 Å². The first-order valence-electron chi connectivity index (χ1n) is 9.43. The van der Waals surface area contributed by atoms with Gasteiger partial charge in [0.2, 0.25) is 5.91 Å². The first-order valence-corrected chi connectivity index (χ1v) is 10.2. The molecule has 2 heterocycles. The van der Waals surface area contributed by atoms with E-state index in [1.54, 1.807) is 18.2 Å². The van der Waals surface area contributed by atoms with Crippen LogP contribution in [0.1, 0.15) is 6.42 Å². The number of methoxy groups -OCH3 is 1. The van der Waals surface area contributed by atoms with E-state index in [0.29, 0.717) is 34.6 Å². The van der Waals surface area contributed by atoms with Crippen LogP contribution in [0.15, 0.2) is 42.5 Å². The van der Waals surface area contributed by atoms with Gasteiger partial charge in [-0.15, -0.1) is 0 Å². The zero-order valence-corrected chi connectivity index (χ0v) is 17.5. The molecule has 2 aliphatic heterocycles. The number of imide groups is 1. The summed E-state index contributed by atoms with van der Waals surface area (Å²) in [7, 11) is 1.50. The van der Waals surface area contributed by atoms with Crippen LogP contribution in [0, 0.1) is 0 Å². The molecule has 2 fully saturated rings. The molecule has 2 aromatic carbocycles. The molecule has 0 saturated carbocycles. The Hall–Kier alpha value is -2.28. The Labute approximate surface area is 179 Å². The van der Waals surface area contributed by atoms with Crippen LogP contribution in [-0.4, -0.2) is 56.0 Å². The average molecular weight is 434 g/mol. The maximum absolute atomic E-state index is 13.1. The lowest BCUT2D eigenvalue weighted by Crippen LogP contribution is -2.52. The fourth-order valence-electron chi connectivity index (χ4n) is 3.97. The Bertz CT molecular complexity index is 945. The molecule has 6 nitrogen and oxygen atoms in total. The van der Waals surface area contributed by atoms with Gasteiger partial charge in [-0.1, -0.05) is 35.3 Å². The monoisotopic (exact) mass is 433 g/mol. The number of amides is 2. The van der Waals surface area contributed by atoms with Crippen LogP contribution in [-0.2, 0) is 9.59 Å². The van der Waals surface area contributed by atoms with E-state index in [2.05, 4.69) is 9.80 Å². The van der Waals surface area contributed by atoms with Gasteiger partial charge in [-0.25, -0.2) is 4.90 Å². The van der Waals surface area contributed by atoms with E-state index in [9.17, 15) is 9.59 Å². The Balaban J connectivity index is 1.49. The smallest absolute Gasteiger partial charge is 0.251 e. The van der Waals surface area contributed by atoms with E-state index in [0.717, 1.165) is 18.8 Å². The normalized spacial score (nSPS) is 20.4. The van der Waals surface area contributed by atoms with Gasteiger partial charge in [-0.2, -0.15) is 0 Å². The number of anilines is 2. The summed E-state index contributed by atoms with van der Waals surface area (Å²) in [6.45, 7) is 2.83. The standard InChI is InChI=1S/C21H21Cl2N3O3/c1-29-19-7-6-14(22)12-17(19)26-20(27)13-18(21(26)28)25-10-8-24(9-11-25)16-5-3-2-4-15(16)23/h2-7,12,18H,8-11,13H2,1H3/t18-/m0/s1. The number of carbonyl (C=O) groups is 2. The second-order valence-corrected chi connectivity index (χ2v) is 7.92.